The molecule has 0 spiro atoms. The summed E-state index contributed by atoms with van der Waals surface area (Å²) in [6.07, 6.45) is 0.0615. The molecule has 0 aromatic heterocycles. The minimum atomic E-state index is -0.536. The maximum atomic E-state index is 12.7. The highest BCUT2D eigenvalue weighted by atomic mass is 16.5. The number of ether oxygens (including phenoxy) is 1. The van der Waals surface area contributed by atoms with Crippen LogP contribution in [0.2, 0.25) is 0 Å². The molecular weight excluding hydrogens is 310 g/mol. The van der Waals surface area contributed by atoms with Gasteiger partial charge >= 0.3 is 0 Å². The molecule has 3 rings (SSSR count). The van der Waals surface area contributed by atoms with Gasteiger partial charge in [0.15, 0.2) is 6.10 Å². The Morgan fingerprint density at radius 1 is 1.00 bits per heavy atom. The second-order valence-electron chi connectivity index (χ2n) is 6.36. The number of fused-ring (bicyclic) bond motifs is 1. The van der Waals surface area contributed by atoms with E-state index in [1.165, 1.54) is 0 Å². The average molecular weight is 333 g/mol. The van der Waals surface area contributed by atoms with Crippen molar-refractivity contribution in [2.24, 2.45) is 0 Å². The quantitative estimate of drug-likeness (QED) is 0.692. The number of carbonyl (C=O) groups excluding carboxylic acids is 1. The fraction of sp³-hybridized carbons (Fsp3) is 0.227. The van der Waals surface area contributed by atoms with Gasteiger partial charge in [-0.05, 0) is 55.0 Å². The van der Waals surface area contributed by atoms with E-state index in [1.54, 1.807) is 0 Å². The lowest BCUT2D eigenvalue weighted by molar-refractivity contribution is -0.122. The molecule has 0 saturated heterocycles. The Balaban J connectivity index is 1.80. The summed E-state index contributed by atoms with van der Waals surface area (Å²) in [5.74, 6) is 0.612. The Morgan fingerprint density at radius 3 is 2.40 bits per heavy atom. The van der Waals surface area contributed by atoms with Crippen LogP contribution in [0, 0.1) is 13.8 Å². The largest absolute Gasteiger partial charge is 0.480 e. The summed E-state index contributed by atoms with van der Waals surface area (Å²) in [6.45, 7) is 6.00. The summed E-state index contributed by atoms with van der Waals surface area (Å²) >= 11 is 0. The summed E-state index contributed by atoms with van der Waals surface area (Å²) in [5, 5.41) is 5.10. The molecule has 1 atom stereocenters. The average Bonchev–Trinajstić information content (AvgIpc) is 2.58. The molecule has 25 heavy (non-hydrogen) atoms. The number of aryl methyl sites for hydroxylation is 2. The smallest absolute Gasteiger partial charge is 0.265 e. The lowest BCUT2D eigenvalue weighted by atomic mass is 10.1. The fourth-order valence-electron chi connectivity index (χ4n) is 3.04. The second kappa shape index (κ2) is 7.39. The fourth-order valence-corrected chi connectivity index (χ4v) is 3.04. The van der Waals surface area contributed by atoms with Crippen molar-refractivity contribution in [2.75, 3.05) is 5.32 Å². The van der Waals surface area contributed by atoms with Crippen molar-refractivity contribution in [3.63, 3.8) is 0 Å². The molecule has 0 aliphatic rings. The number of benzene rings is 3. The third kappa shape index (κ3) is 4.00. The predicted molar refractivity (Wildman–Crippen MR) is 103 cm³/mol. The van der Waals surface area contributed by atoms with Gasteiger partial charge in [0, 0.05) is 11.1 Å². The van der Waals surface area contributed by atoms with Gasteiger partial charge in [0.25, 0.3) is 5.91 Å². The molecule has 0 fully saturated rings. The lowest BCUT2D eigenvalue weighted by Gasteiger charge is -2.19. The Bertz CT molecular complexity index is 876. The number of nitrogens with one attached hydrogen (secondary N) is 1. The van der Waals surface area contributed by atoms with Crippen molar-refractivity contribution in [1.29, 1.82) is 0 Å². The van der Waals surface area contributed by atoms with Gasteiger partial charge in [-0.1, -0.05) is 49.4 Å². The van der Waals surface area contributed by atoms with Crippen LogP contribution in [0.1, 0.15) is 24.5 Å². The van der Waals surface area contributed by atoms with E-state index < -0.39 is 6.10 Å². The van der Waals surface area contributed by atoms with Gasteiger partial charge in [0.2, 0.25) is 0 Å². The number of carbonyl (C=O) groups is 1. The summed E-state index contributed by atoms with van der Waals surface area (Å²) < 4.78 is 6.06. The van der Waals surface area contributed by atoms with Crippen molar-refractivity contribution in [3.05, 3.63) is 71.8 Å². The summed E-state index contributed by atoms with van der Waals surface area (Å²) in [7, 11) is 0. The maximum absolute atomic E-state index is 12.7. The van der Waals surface area contributed by atoms with E-state index in [9.17, 15) is 4.79 Å². The Kier molecular flexibility index (Phi) is 5.03. The third-order valence-corrected chi connectivity index (χ3v) is 4.17. The molecule has 3 aromatic rings. The molecule has 1 N–H and O–H groups in total. The van der Waals surface area contributed by atoms with Crippen LogP contribution in [-0.2, 0) is 4.79 Å². The minimum Gasteiger partial charge on any atom is -0.480 e. The highest BCUT2D eigenvalue weighted by Crippen LogP contribution is 2.27. The molecule has 0 radical (unpaired) electrons. The maximum Gasteiger partial charge on any atom is 0.265 e. The van der Waals surface area contributed by atoms with Gasteiger partial charge in [-0.3, -0.25) is 4.79 Å². The van der Waals surface area contributed by atoms with E-state index in [1.807, 2.05) is 75.4 Å². The summed E-state index contributed by atoms with van der Waals surface area (Å²) in [4.78, 5) is 12.7. The van der Waals surface area contributed by atoms with Crippen LogP contribution in [-0.4, -0.2) is 12.0 Å². The van der Waals surface area contributed by atoms with Crippen LogP contribution in [0.15, 0.2) is 60.7 Å². The molecule has 128 valence electrons. The van der Waals surface area contributed by atoms with Crippen molar-refractivity contribution < 1.29 is 9.53 Å². The van der Waals surface area contributed by atoms with Crippen molar-refractivity contribution in [1.82, 2.24) is 0 Å². The monoisotopic (exact) mass is 333 g/mol. The number of rotatable bonds is 5. The highest BCUT2D eigenvalue weighted by molar-refractivity contribution is 5.95. The molecule has 0 aliphatic carbocycles. The molecule has 0 bridgehead atoms. The second-order valence-corrected chi connectivity index (χ2v) is 6.36. The molecule has 0 unspecified atom stereocenters. The van der Waals surface area contributed by atoms with Crippen molar-refractivity contribution in [2.45, 2.75) is 33.3 Å². The van der Waals surface area contributed by atoms with Crippen LogP contribution in [0.3, 0.4) is 0 Å². The van der Waals surface area contributed by atoms with Gasteiger partial charge in [-0.25, -0.2) is 0 Å². The Morgan fingerprint density at radius 2 is 1.68 bits per heavy atom. The van der Waals surface area contributed by atoms with E-state index in [-0.39, 0.29) is 5.91 Å². The topological polar surface area (TPSA) is 38.3 Å². The van der Waals surface area contributed by atoms with Gasteiger partial charge < -0.3 is 10.1 Å². The zero-order valence-corrected chi connectivity index (χ0v) is 14.9. The first kappa shape index (κ1) is 17.0. The predicted octanol–water partition coefficient (Wildman–Crippen LogP) is 5.25. The molecule has 0 aliphatic heterocycles. The van der Waals surface area contributed by atoms with Gasteiger partial charge in [0.05, 0.1) is 0 Å². The standard InChI is InChI=1S/C22H23NO2/c1-4-20(22(24)23-18-13-15(2)12-16(3)14-18)25-21-11-7-9-17-8-5-6-10-19(17)21/h5-14,20H,4H2,1-3H3,(H,23,24)/t20-/m0/s1. The zero-order valence-electron chi connectivity index (χ0n) is 14.9. The molecule has 1 amide bonds. The van der Waals surface area contributed by atoms with Crippen LogP contribution in [0.4, 0.5) is 5.69 Å². The van der Waals surface area contributed by atoms with Crippen LogP contribution in [0.5, 0.6) is 5.75 Å². The van der Waals surface area contributed by atoms with Crippen molar-refractivity contribution >= 4 is 22.4 Å². The third-order valence-electron chi connectivity index (χ3n) is 4.17. The Labute approximate surface area is 148 Å². The van der Waals surface area contributed by atoms with Gasteiger partial charge in [-0.2, -0.15) is 0 Å². The SMILES string of the molecule is CC[C@H](Oc1cccc2ccccc12)C(=O)Nc1cc(C)cc(C)c1. The van der Waals surface area contributed by atoms with E-state index in [0.717, 1.165) is 33.3 Å². The number of hydrogen-bond acceptors (Lipinski definition) is 2. The molecule has 3 aromatic carbocycles. The normalized spacial score (nSPS) is 12.0. The summed E-state index contributed by atoms with van der Waals surface area (Å²) in [5.41, 5.74) is 3.05. The lowest BCUT2D eigenvalue weighted by Crippen LogP contribution is -2.32. The number of amides is 1. The first-order chi connectivity index (χ1) is 12.1. The van der Waals surface area contributed by atoms with Crippen LogP contribution in [0.25, 0.3) is 10.8 Å². The molecular formula is C22H23NO2. The molecule has 0 heterocycles. The van der Waals surface area contributed by atoms with Gasteiger partial charge in [0.1, 0.15) is 5.75 Å². The molecule has 3 nitrogen and oxygen atoms in total. The number of hydrogen-bond donors (Lipinski definition) is 1. The van der Waals surface area contributed by atoms with E-state index >= 15 is 0 Å². The first-order valence-electron chi connectivity index (χ1n) is 8.60. The van der Waals surface area contributed by atoms with Crippen LogP contribution >= 0.6 is 0 Å². The molecule has 0 saturated carbocycles. The molecule has 3 heteroatoms. The van der Waals surface area contributed by atoms with Crippen LogP contribution < -0.4 is 10.1 Å². The van der Waals surface area contributed by atoms with Gasteiger partial charge in [-0.15, -0.1) is 0 Å². The van der Waals surface area contributed by atoms with E-state index in [2.05, 4.69) is 11.4 Å². The van der Waals surface area contributed by atoms with E-state index in [0.29, 0.717) is 6.42 Å². The Hall–Kier alpha value is -2.81. The van der Waals surface area contributed by atoms with E-state index in [4.69, 9.17) is 4.74 Å². The van der Waals surface area contributed by atoms with Crippen molar-refractivity contribution in [3.8, 4) is 5.75 Å². The highest BCUT2D eigenvalue weighted by Gasteiger charge is 2.19. The first-order valence-corrected chi connectivity index (χ1v) is 8.60. The minimum absolute atomic E-state index is 0.125. The number of anilines is 1. The summed E-state index contributed by atoms with van der Waals surface area (Å²) in [6, 6.07) is 19.9. The zero-order chi connectivity index (χ0) is 17.8.